The van der Waals surface area contributed by atoms with E-state index in [1.807, 2.05) is 6.20 Å². The molecule has 1 aliphatic rings. The fourth-order valence-electron chi connectivity index (χ4n) is 2.61. The third kappa shape index (κ3) is 2.55. The molecular weight excluding hydrogens is 226 g/mol. The molecule has 1 aromatic rings. The van der Waals surface area contributed by atoms with Crippen molar-refractivity contribution in [3.63, 3.8) is 0 Å². The number of methoxy groups -OCH3 is 1. The molecule has 0 saturated heterocycles. The van der Waals surface area contributed by atoms with E-state index in [2.05, 4.69) is 29.5 Å². The van der Waals surface area contributed by atoms with Crippen molar-refractivity contribution >= 4 is 0 Å². The van der Waals surface area contributed by atoms with E-state index in [9.17, 15) is 0 Å². The Morgan fingerprint density at radius 2 is 2.28 bits per heavy atom. The van der Waals surface area contributed by atoms with Gasteiger partial charge in [0.1, 0.15) is 0 Å². The van der Waals surface area contributed by atoms with E-state index in [4.69, 9.17) is 10.6 Å². The van der Waals surface area contributed by atoms with Crippen LogP contribution in [0.15, 0.2) is 18.3 Å². The van der Waals surface area contributed by atoms with E-state index >= 15 is 0 Å². The Morgan fingerprint density at radius 3 is 2.67 bits per heavy atom. The van der Waals surface area contributed by atoms with Gasteiger partial charge in [0.25, 0.3) is 0 Å². The Balaban J connectivity index is 2.05. The number of ether oxygens (including phenoxy) is 1. The van der Waals surface area contributed by atoms with Gasteiger partial charge in [-0.25, -0.2) is 0 Å². The third-order valence-corrected chi connectivity index (χ3v) is 4.15. The first kappa shape index (κ1) is 13.5. The van der Waals surface area contributed by atoms with Gasteiger partial charge in [-0.05, 0) is 37.3 Å². The van der Waals surface area contributed by atoms with Gasteiger partial charge in [0.2, 0.25) is 0 Å². The molecule has 4 nitrogen and oxygen atoms in total. The predicted octanol–water partition coefficient (Wildman–Crippen LogP) is 1.59. The lowest BCUT2D eigenvalue weighted by Gasteiger charge is -2.46. The summed E-state index contributed by atoms with van der Waals surface area (Å²) in [6.45, 7) is 2.13. The highest BCUT2D eigenvalue weighted by molar-refractivity contribution is 5.16. The molecule has 0 radical (unpaired) electrons. The topological polar surface area (TPSA) is 60.2 Å². The van der Waals surface area contributed by atoms with Gasteiger partial charge in [0, 0.05) is 25.4 Å². The second-order valence-electron chi connectivity index (χ2n) is 5.06. The van der Waals surface area contributed by atoms with Crippen LogP contribution in [0, 0.1) is 0 Å². The third-order valence-electron chi connectivity index (χ3n) is 4.15. The largest absolute Gasteiger partial charge is 0.377 e. The lowest BCUT2D eigenvalue weighted by atomic mass is 9.73. The molecule has 0 spiro atoms. The summed E-state index contributed by atoms with van der Waals surface area (Å²) in [5, 5.41) is 0. The minimum absolute atomic E-state index is 0.0974. The number of hydrazine groups is 1. The number of nitrogens with one attached hydrogen (secondary N) is 1. The van der Waals surface area contributed by atoms with Crippen molar-refractivity contribution in [2.75, 3.05) is 7.11 Å². The van der Waals surface area contributed by atoms with Crippen molar-refractivity contribution in [3.05, 3.63) is 29.6 Å². The maximum absolute atomic E-state index is 5.69. The number of hydrogen-bond acceptors (Lipinski definition) is 4. The molecule has 100 valence electrons. The van der Waals surface area contributed by atoms with Gasteiger partial charge in [0.05, 0.1) is 11.6 Å². The average molecular weight is 249 g/mol. The summed E-state index contributed by atoms with van der Waals surface area (Å²) in [4.78, 5) is 4.49. The van der Waals surface area contributed by atoms with Crippen LogP contribution < -0.4 is 11.3 Å². The zero-order valence-electron chi connectivity index (χ0n) is 11.3. The van der Waals surface area contributed by atoms with Crippen molar-refractivity contribution in [3.8, 4) is 0 Å². The van der Waals surface area contributed by atoms with E-state index < -0.39 is 0 Å². The molecule has 4 heteroatoms. The zero-order valence-corrected chi connectivity index (χ0v) is 11.3. The molecule has 0 aromatic carbocycles. The van der Waals surface area contributed by atoms with Crippen molar-refractivity contribution in [2.45, 2.75) is 50.7 Å². The molecule has 1 aliphatic carbocycles. The minimum atomic E-state index is -0.0974. The van der Waals surface area contributed by atoms with Crippen LogP contribution in [0.25, 0.3) is 0 Å². The van der Waals surface area contributed by atoms with Gasteiger partial charge in [-0.15, -0.1) is 0 Å². The summed E-state index contributed by atoms with van der Waals surface area (Å²) in [6.07, 6.45) is 7.15. The second kappa shape index (κ2) is 5.78. The Kier molecular flexibility index (Phi) is 4.32. The fraction of sp³-hybridized carbons (Fsp3) is 0.643. The molecule has 1 atom stereocenters. The molecular formula is C14H23N3O. The lowest BCUT2D eigenvalue weighted by Crippen LogP contribution is -2.59. The van der Waals surface area contributed by atoms with E-state index in [0.29, 0.717) is 0 Å². The van der Waals surface area contributed by atoms with Gasteiger partial charge < -0.3 is 4.74 Å². The van der Waals surface area contributed by atoms with Gasteiger partial charge in [-0.3, -0.25) is 16.3 Å². The van der Waals surface area contributed by atoms with Crippen molar-refractivity contribution in [2.24, 2.45) is 5.84 Å². The number of hydrogen-bond donors (Lipinski definition) is 2. The number of pyridine rings is 1. The van der Waals surface area contributed by atoms with Gasteiger partial charge in [-0.1, -0.05) is 13.0 Å². The van der Waals surface area contributed by atoms with Crippen LogP contribution in [0.4, 0.5) is 0 Å². The first-order valence-corrected chi connectivity index (χ1v) is 6.69. The summed E-state index contributed by atoms with van der Waals surface area (Å²) in [7, 11) is 1.77. The highest BCUT2D eigenvalue weighted by atomic mass is 16.5. The summed E-state index contributed by atoms with van der Waals surface area (Å²) in [5.74, 6) is 5.69. The summed E-state index contributed by atoms with van der Waals surface area (Å²) in [6, 6.07) is 4.36. The van der Waals surface area contributed by atoms with Gasteiger partial charge in [-0.2, -0.15) is 0 Å². The maximum atomic E-state index is 5.69. The van der Waals surface area contributed by atoms with Crippen LogP contribution >= 0.6 is 0 Å². The molecule has 1 aromatic heterocycles. The van der Waals surface area contributed by atoms with Crippen LogP contribution in [-0.4, -0.2) is 23.7 Å². The van der Waals surface area contributed by atoms with Gasteiger partial charge in [0.15, 0.2) is 0 Å². The number of rotatable bonds is 6. The van der Waals surface area contributed by atoms with Crippen molar-refractivity contribution in [1.82, 2.24) is 10.4 Å². The highest BCUT2D eigenvalue weighted by Crippen LogP contribution is 2.38. The lowest BCUT2D eigenvalue weighted by molar-refractivity contribution is -0.0983. The van der Waals surface area contributed by atoms with E-state index in [0.717, 1.165) is 31.4 Å². The Hall–Kier alpha value is -0.970. The summed E-state index contributed by atoms with van der Waals surface area (Å²) < 4.78 is 5.67. The zero-order chi connectivity index (χ0) is 13.0. The van der Waals surface area contributed by atoms with Gasteiger partial charge >= 0.3 is 0 Å². The molecule has 3 N–H and O–H groups in total. The van der Waals surface area contributed by atoms with Crippen molar-refractivity contribution < 1.29 is 4.74 Å². The first-order chi connectivity index (χ1) is 8.74. The molecule has 1 unspecified atom stereocenters. The van der Waals surface area contributed by atoms with Crippen LogP contribution in [-0.2, 0) is 17.6 Å². The Morgan fingerprint density at radius 1 is 1.50 bits per heavy atom. The predicted molar refractivity (Wildman–Crippen MR) is 72.0 cm³/mol. The summed E-state index contributed by atoms with van der Waals surface area (Å²) >= 11 is 0. The molecule has 18 heavy (non-hydrogen) atoms. The standard InChI is InChI=1S/C14H23N3O/c1-3-11-5-6-12(16-10-11)9-13(17-15)14(18-2)7-4-8-14/h5-6,10,13,17H,3-4,7-9,15H2,1-2H3. The van der Waals surface area contributed by atoms with E-state index in [-0.39, 0.29) is 11.6 Å². The van der Waals surface area contributed by atoms with Crippen LogP contribution in [0.5, 0.6) is 0 Å². The first-order valence-electron chi connectivity index (χ1n) is 6.69. The quantitative estimate of drug-likeness (QED) is 0.594. The molecule has 0 aliphatic heterocycles. The normalized spacial score (nSPS) is 19.3. The molecule has 2 rings (SSSR count). The number of nitrogens with two attached hydrogens (primary N) is 1. The number of aromatic nitrogens is 1. The Bertz CT molecular complexity index is 368. The van der Waals surface area contributed by atoms with E-state index in [1.54, 1.807) is 7.11 Å². The average Bonchev–Trinajstić information content (AvgIpc) is 2.37. The number of nitrogens with zero attached hydrogens (tertiary/aromatic N) is 1. The highest BCUT2D eigenvalue weighted by Gasteiger charge is 2.44. The SMILES string of the molecule is CCc1ccc(CC(NN)C2(OC)CCC2)nc1. The molecule has 1 fully saturated rings. The Labute approximate surface area is 109 Å². The second-order valence-corrected chi connectivity index (χ2v) is 5.06. The number of aryl methyl sites for hydroxylation is 1. The summed E-state index contributed by atoms with van der Waals surface area (Å²) in [5.41, 5.74) is 5.14. The van der Waals surface area contributed by atoms with Crippen molar-refractivity contribution in [1.29, 1.82) is 0 Å². The smallest absolute Gasteiger partial charge is 0.0848 e. The fourth-order valence-corrected chi connectivity index (χ4v) is 2.61. The minimum Gasteiger partial charge on any atom is -0.377 e. The maximum Gasteiger partial charge on any atom is 0.0848 e. The molecule has 0 amide bonds. The molecule has 1 heterocycles. The monoisotopic (exact) mass is 249 g/mol. The molecule has 1 saturated carbocycles. The van der Waals surface area contributed by atoms with E-state index in [1.165, 1.54) is 12.0 Å². The van der Waals surface area contributed by atoms with Crippen LogP contribution in [0.3, 0.4) is 0 Å². The van der Waals surface area contributed by atoms with Crippen LogP contribution in [0.2, 0.25) is 0 Å². The molecule has 0 bridgehead atoms. The van der Waals surface area contributed by atoms with Crippen LogP contribution in [0.1, 0.15) is 37.4 Å².